The van der Waals surface area contributed by atoms with Gasteiger partial charge in [-0.25, -0.2) is 4.79 Å². The van der Waals surface area contributed by atoms with Gasteiger partial charge in [-0.05, 0) is 26.8 Å². The number of ether oxygens (including phenoxy) is 2. The van der Waals surface area contributed by atoms with Crippen LogP contribution in [0.25, 0.3) is 0 Å². The summed E-state index contributed by atoms with van der Waals surface area (Å²) in [6.07, 6.45) is 2.45. The Morgan fingerprint density at radius 1 is 1.30 bits per heavy atom. The van der Waals surface area contributed by atoms with Crippen LogP contribution in [0.5, 0.6) is 0 Å². The molecule has 3 aliphatic heterocycles. The van der Waals surface area contributed by atoms with Crippen molar-refractivity contribution in [2.24, 2.45) is 5.92 Å². The lowest BCUT2D eigenvalue weighted by Gasteiger charge is -2.39. The molecule has 0 saturated carbocycles. The Morgan fingerprint density at radius 3 is 2.70 bits per heavy atom. The summed E-state index contributed by atoms with van der Waals surface area (Å²) in [6, 6.07) is -0.00746. The smallest absolute Gasteiger partial charge is 0.341 e. The van der Waals surface area contributed by atoms with Crippen LogP contribution in [-0.2, 0) is 19.1 Å². The molecule has 3 heterocycles. The van der Waals surface area contributed by atoms with Crippen LogP contribution in [0.2, 0.25) is 0 Å². The molecule has 0 amide bonds. The summed E-state index contributed by atoms with van der Waals surface area (Å²) >= 11 is 0. The topological polar surface area (TPSA) is 97.5 Å². The zero-order valence-electron chi connectivity index (χ0n) is 13.7. The lowest BCUT2D eigenvalue weighted by atomic mass is 9.76. The predicted octanol–water partition coefficient (Wildman–Crippen LogP) is -1.81. The molecule has 3 rings (SSSR count). The van der Waals surface area contributed by atoms with Crippen LogP contribution in [-0.4, -0.2) is 65.2 Å². The van der Waals surface area contributed by atoms with E-state index >= 15 is 0 Å². The molecule has 3 N–H and O–H groups in total. The molecule has 3 aliphatic rings. The van der Waals surface area contributed by atoms with E-state index in [0.29, 0.717) is 0 Å². The lowest BCUT2D eigenvalue weighted by Crippen LogP contribution is -3.12. The highest BCUT2D eigenvalue weighted by Gasteiger charge is 2.57. The summed E-state index contributed by atoms with van der Waals surface area (Å²) in [5.74, 6) is -2.61. The van der Waals surface area contributed by atoms with Gasteiger partial charge in [-0.3, -0.25) is 4.79 Å². The van der Waals surface area contributed by atoms with Gasteiger partial charge in [-0.15, -0.1) is 0 Å². The minimum Gasteiger partial charge on any atom is -0.459 e. The third-order valence-corrected chi connectivity index (χ3v) is 5.80. The Labute approximate surface area is 134 Å². The first-order valence-electron chi connectivity index (χ1n) is 8.02. The van der Waals surface area contributed by atoms with Gasteiger partial charge < -0.3 is 24.6 Å². The fourth-order valence-corrected chi connectivity index (χ4v) is 3.71. The van der Waals surface area contributed by atoms with Gasteiger partial charge in [0.25, 0.3) is 0 Å². The number of esters is 2. The van der Waals surface area contributed by atoms with Crippen LogP contribution in [0.15, 0.2) is 11.6 Å². The maximum absolute atomic E-state index is 12.5. The first-order valence-corrected chi connectivity index (χ1v) is 8.02. The number of nitrogens with one attached hydrogen (secondary N) is 1. The molecule has 6 atom stereocenters. The van der Waals surface area contributed by atoms with Crippen LogP contribution in [0.1, 0.15) is 27.2 Å². The second-order valence-corrected chi connectivity index (χ2v) is 7.15. The monoisotopic (exact) mass is 326 g/mol. The SMILES string of the molecule is C[C@H]1C(=O)O[C@@H]2CC[NH+]3CC=C(COC(=O)[C@](C)(O)[C@]1(C)O)[C@H]23. The van der Waals surface area contributed by atoms with Gasteiger partial charge in [0.05, 0.1) is 19.0 Å². The van der Waals surface area contributed by atoms with E-state index in [2.05, 4.69) is 0 Å². The molecule has 0 aromatic carbocycles. The highest BCUT2D eigenvalue weighted by Crippen LogP contribution is 2.33. The largest absolute Gasteiger partial charge is 0.459 e. The first-order chi connectivity index (χ1) is 10.7. The Kier molecular flexibility index (Phi) is 3.78. The van der Waals surface area contributed by atoms with E-state index in [-0.39, 0.29) is 18.8 Å². The number of carbonyl (C=O) groups is 2. The van der Waals surface area contributed by atoms with Crippen molar-refractivity contribution in [1.82, 2.24) is 0 Å². The molecule has 128 valence electrons. The third-order valence-electron chi connectivity index (χ3n) is 5.80. The first kappa shape index (κ1) is 16.4. The summed E-state index contributed by atoms with van der Waals surface area (Å²) in [5, 5.41) is 21.1. The van der Waals surface area contributed by atoms with Gasteiger partial charge in [0.2, 0.25) is 0 Å². The number of cyclic esters (lactones) is 1. The summed E-state index contributed by atoms with van der Waals surface area (Å²) in [5.41, 5.74) is -3.30. The number of rotatable bonds is 0. The molecule has 2 fully saturated rings. The van der Waals surface area contributed by atoms with E-state index in [9.17, 15) is 19.8 Å². The Bertz CT molecular complexity index is 567. The average Bonchev–Trinajstić information content (AvgIpc) is 3.06. The average molecular weight is 326 g/mol. The number of hydrogen-bond acceptors (Lipinski definition) is 6. The molecule has 0 bridgehead atoms. The van der Waals surface area contributed by atoms with Gasteiger partial charge in [0.1, 0.15) is 12.2 Å². The summed E-state index contributed by atoms with van der Waals surface area (Å²) in [4.78, 5) is 26.0. The van der Waals surface area contributed by atoms with Gasteiger partial charge in [0.15, 0.2) is 17.7 Å². The lowest BCUT2D eigenvalue weighted by molar-refractivity contribution is -0.896. The molecule has 2 saturated heterocycles. The van der Waals surface area contributed by atoms with Crippen molar-refractivity contribution in [3.05, 3.63) is 11.6 Å². The van der Waals surface area contributed by atoms with Gasteiger partial charge in [-0.1, -0.05) is 0 Å². The van der Waals surface area contributed by atoms with Crippen LogP contribution < -0.4 is 4.90 Å². The quantitative estimate of drug-likeness (QED) is 0.359. The van der Waals surface area contributed by atoms with Crippen molar-refractivity contribution in [2.75, 3.05) is 19.7 Å². The molecule has 0 aromatic heterocycles. The Morgan fingerprint density at radius 2 is 2.00 bits per heavy atom. The summed E-state index contributed by atoms with van der Waals surface area (Å²) in [6.45, 7) is 5.62. The van der Waals surface area contributed by atoms with Crippen molar-refractivity contribution in [1.29, 1.82) is 0 Å². The highest BCUT2D eigenvalue weighted by atomic mass is 16.6. The standard InChI is InChI=1S/C16H23NO6/c1-9-13(18)23-11-5-7-17-6-4-10(12(11)17)8-22-14(19)16(3,21)15(9,2)20/h4,9,11-12,20-21H,5-8H2,1-3H3/p+1/t9-,11+,12+,15+,16-/m0/s1. The molecule has 0 radical (unpaired) electrons. The molecule has 0 aromatic rings. The third kappa shape index (κ3) is 2.38. The molecule has 7 nitrogen and oxygen atoms in total. The van der Waals surface area contributed by atoms with Gasteiger partial charge in [0, 0.05) is 12.0 Å². The number of hydrogen-bond donors (Lipinski definition) is 3. The van der Waals surface area contributed by atoms with Crippen molar-refractivity contribution in [3.63, 3.8) is 0 Å². The molecule has 1 unspecified atom stereocenters. The number of carbonyl (C=O) groups excluding carboxylic acids is 2. The summed E-state index contributed by atoms with van der Waals surface area (Å²) < 4.78 is 10.9. The molecule has 7 heteroatoms. The minimum atomic E-state index is -2.21. The predicted molar refractivity (Wildman–Crippen MR) is 78.4 cm³/mol. The molecular formula is C16H24NO6+. The van der Waals surface area contributed by atoms with Crippen molar-refractivity contribution >= 4 is 11.9 Å². The van der Waals surface area contributed by atoms with Crippen LogP contribution in [0.3, 0.4) is 0 Å². The maximum Gasteiger partial charge on any atom is 0.341 e. The van der Waals surface area contributed by atoms with Crippen molar-refractivity contribution in [2.45, 2.75) is 50.5 Å². The van der Waals surface area contributed by atoms with E-state index in [0.717, 1.165) is 25.1 Å². The number of aliphatic hydroxyl groups is 2. The minimum absolute atomic E-state index is 0.00746. The second kappa shape index (κ2) is 5.29. The fourth-order valence-electron chi connectivity index (χ4n) is 3.71. The zero-order chi connectivity index (χ0) is 17.0. The fraction of sp³-hybridized carbons (Fsp3) is 0.750. The van der Waals surface area contributed by atoms with Gasteiger partial charge in [-0.2, -0.15) is 0 Å². The van der Waals surface area contributed by atoms with Crippen molar-refractivity contribution in [3.8, 4) is 0 Å². The van der Waals surface area contributed by atoms with Crippen LogP contribution >= 0.6 is 0 Å². The van der Waals surface area contributed by atoms with Crippen LogP contribution in [0, 0.1) is 5.92 Å². The van der Waals surface area contributed by atoms with Crippen molar-refractivity contribution < 1.29 is 34.2 Å². The van der Waals surface area contributed by atoms with Crippen LogP contribution in [0.4, 0.5) is 0 Å². The second-order valence-electron chi connectivity index (χ2n) is 7.15. The maximum atomic E-state index is 12.5. The van der Waals surface area contributed by atoms with E-state index in [1.807, 2.05) is 6.08 Å². The Balaban J connectivity index is 1.97. The van der Waals surface area contributed by atoms with E-state index < -0.39 is 29.1 Å². The highest BCUT2D eigenvalue weighted by molar-refractivity contribution is 5.83. The van der Waals surface area contributed by atoms with E-state index in [1.165, 1.54) is 25.7 Å². The zero-order valence-corrected chi connectivity index (χ0v) is 13.7. The Hall–Kier alpha value is -1.44. The molecule has 23 heavy (non-hydrogen) atoms. The normalized spacial score (nSPS) is 47.3. The summed E-state index contributed by atoms with van der Waals surface area (Å²) in [7, 11) is 0. The van der Waals surface area contributed by atoms with E-state index in [1.54, 1.807) is 0 Å². The van der Waals surface area contributed by atoms with Gasteiger partial charge >= 0.3 is 11.9 Å². The molecule has 0 aliphatic carbocycles. The van der Waals surface area contributed by atoms with E-state index in [4.69, 9.17) is 9.47 Å². The molecular weight excluding hydrogens is 302 g/mol. The molecule has 0 spiro atoms. The number of quaternary nitrogens is 1.